The van der Waals surface area contributed by atoms with Crippen LogP contribution in [0.25, 0.3) is 0 Å². The van der Waals surface area contributed by atoms with Crippen LogP contribution in [0.4, 0.5) is 11.6 Å². The monoisotopic (exact) mass is 326 g/mol. The van der Waals surface area contributed by atoms with Crippen LogP contribution in [-0.2, 0) is 10.1 Å². The predicted octanol–water partition coefficient (Wildman–Crippen LogP) is 0.942. The average Bonchev–Trinajstić information content (AvgIpc) is 2.36. The zero-order chi connectivity index (χ0) is 16.3. The lowest BCUT2D eigenvalue weighted by Gasteiger charge is -2.09. The van der Waals surface area contributed by atoms with E-state index in [0.717, 1.165) is 0 Å². The lowest BCUT2D eigenvalue weighted by Crippen LogP contribution is -2.18. The Morgan fingerprint density at radius 3 is 2.41 bits per heavy atom. The Bertz CT molecular complexity index is 814. The molecule has 0 unspecified atom stereocenters. The lowest BCUT2D eigenvalue weighted by molar-refractivity contribution is 0.221. The highest BCUT2D eigenvalue weighted by Crippen LogP contribution is 2.16. The topological polar surface area (TPSA) is 134 Å². The molecule has 0 aliphatic heterocycles. The van der Waals surface area contributed by atoms with Crippen LogP contribution < -0.4 is 15.7 Å². The van der Waals surface area contributed by atoms with E-state index >= 15 is 0 Å². The van der Waals surface area contributed by atoms with Crippen LogP contribution in [0.3, 0.4) is 0 Å². The van der Waals surface area contributed by atoms with Gasteiger partial charge in [-0.1, -0.05) is 0 Å². The third-order valence-electron chi connectivity index (χ3n) is 2.39. The third-order valence-corrected chi connectivity index (χ3v) is 3.25. The van der Waals surface area contributed by atoms with E-state index in [1.807, 2.05) is 0 Å². The molecule has 0 fully saturated rings. The first-order chi connectivity index (χ1) is 10.2. The number of hydrogen-bond donors (Lipinski definition) is 3. The second kappa shape index (κ2) is 6.12. The van der Waals surface area contributed by atoms with Gasteiger partial charge in [0, 0.05) is 5.69 Å². The highest BCUT2D eigenvalue weighted by molar-refractivity contribution is 7.85. The molecule has 1 aromatic heterocycles. The Hall–Kier alpha value is -2.46. The van der Waals surface area contributed by atoms with Crippen molar-refractivity contribution >= 4 is 21.8 Å². The van der Waals surface area contributed by atoms with Crippen molar-refractivity contribution in [3.05, 3.63) is 34.7 Å². The maximum atomic E-state index is 11.4. The van der Waals surface area contributed by atoms with Crippen LogP contribution >= 0.6 is 0 Å². The summed E-state index contributed by atoms with van der Waals surface area (Å²) in [6.45, 7) is 3.54. The summed E-state index contributed by atoms with van der Waals surface area (Å²) in [4.78, 5) is 21.1. The Balaban J connectivity index is 2.23. The van der Waals surface area contributed by atoms with E-state index in [-0.39, 0.29) is 23.0 Å². The van der Waals surface area contributed by atoms with Gasteiger partial charge in [-0.3, -0.25) is 9.54 Å². The standard InChI is InChI=1S/C12H14N4O5S/c1-7(2)21-12-15-10(14-11(17)16-12)13-8-3-5-9(6-4-8)22(18,19)20/h3-7H,1-2H3,(H,18,19,20)(H2,13,14,15,16,17). The normalized spacial score (nSPS) is 11.5. The van der Waals surface area contributed by atoms with Gasteiger partial charge in [0.05, 0.1) is 11.0 Å². The number of ether oxygens (including phenoxy) is 1. The Labute approximate surface area is 126 Å². The first-order valence-corrected chi connectivity index (χ1v) is 7.67. The number of aromatic amines is 1. The highest BCUT2D eigenvalue weighted by atomic mass is 32.2. The lowest BCUT2D eigenvalue weighted by atomic mass is 10.3. The second-order valence-electron chi connectivity index (χ2n) is 4.58. The zero-order valence-corrected chi connectivity index (χ0v) is 12.6. The molecule has 1 heterocycles. The summed E-state index contributed by atoms with van der Waals surface area (Å²) in [7, 11) is -4.25. The molecule has 2 rings (SSSR count). The number of benzene rings is 1. The summed E-state index contributed by atoms with van der Waals surface area (Å²) < 4.78 is 36.0. The molecular weight excluding hydrogens is 312 g/mol. The molecule has 2 aromatic rings. The minimum atomic E-state index is -4.25. The van der Waals surface area contributed by atoms with E-state index in [1.54, 1.807) is 13.8 Å². The number of nitrogens with zero attached hydrogens (tertiary/aromatic N) is 2. The van der Waals surface area contributed by atoms with Crippen molar-refractivity contribution in [1.29, 1.82) is 0 Å². The molecule has 118 valence electrons. The maximum absolute atomic E-state index is 11.4. The van der Waals surface area contributed by atoms with Gasteiger partial charge in [-0.05, 0) is 38.1 Å². The fourth-order valence-electron chi connectivity index (χ4n) is 1.53. The van der Waals surface area contributed by atoms with Gasteiger partial charge in [-0.25, -0.2) is 4.79 Å². The van der Waals surface area contributed by atoms with Crippen molar-refractivity contribution in [1.82, 2.24) is 15.0 Å². The molecule has 0 bridgehead atoms. The molecule has 10 heteroatoms. The van der Waals surface area contributed by atoms with Gasteiger partial charge in [0.1, 0.15) is 0 Å². The Morgan fingerprint density at radius 1 is 1.23 bits per heavy atom. The summed E-state index contributed by atoms with van der Waals surface area (Å²) >= 11 is 0. The summed E-state index contributed by atoms with van der Waals surface area (Å²) in [5.41, 5.74) is -0.181. The number of H-pyrrole nitrogens is 1. The van der Waals surface area contributed by atoms with Crippen LogP contribution in [0.15, 0.2) is 34.0 Å². The fraction of sp³-hybridized carbons (Fsp3) is 0.250. The molecule has 0 amide bonds. The van der Waals surface area contributed by atoms with Crippen molar-refractivity contribution in [2.24, 2.45) is 0 Å². The van der Waals surface area contributed by atoms with Gasteiger partial charge < -0.3 is 10.1 Å². The van der Waals surface area contributed by atoms with Crippen LogP contribution in [0.2, 0.25) is 0 Å². The highest BCUT2D eigenvalue weighted by Gasteiger charge is 2.10. The number of rotatable bonds is 5. The third kappa shape index (κ3) is 4.27. The Kier molecular flexibility index (Phi) is 4.43. The van der Waals surface area contributed by atoms with E-state index < -0.39 is 15.8 Å². The van der Waals surface area contributed by atoms with Crippen LogP contribution in [0.1, 0.15) is 13.8 Å². The van der Waals surface area contributed by atoms with Crippen molar-refractivity contribution < 1.29 is 17.7 Å². The fourth-order valence-corrected chi connectivity index (χ4v) is 2.01. The van der Waals surface area contributed by atoms with Gasteiger partial charge in [0.25, 0.3) is 10.1 Å². The van der Waals surface area contributed by atoms with E-state index in [0.29, 0.717) is 5.69 Å². The van der Waals surface area contributed by atoms with Crippen LogP contribution in [0, 0.1) is 0 Å². The molecule has 3 N–H and O–H groups in total. The molecule has 0 saturated heterocycles. The second-order valence-corrected chi connectivity index (χ2v) is 6.00. The smallest absolute Gasteiger partial charge is 0.352 e. The van der Waals surface area contributed by atoms with Gasteiger partial charge >= 0.3 is 11.7 Å². The molecule has 0 aliphatic carbocycles. The van der Waals surface area contributed by atoms with E-state index in [9.17, 15) is 13.2 Å². The molecule has 0 saturated carbocycles. The number of aromatic nitrogens is 3. The summed E-state index contributed by atoms with van der Waals surface area (Å²) in [6, 6.07) is 5.17. The van der Waals surface area contributed by atoms with Crippen molar-refractivity contribution in [3.63, 3.8) is 0 Å². The van der Waals surface area contributed by atoms with Crippen LogP contribution in [-0.4, -0.2) is 34.0 Å². The van der Waals surface area contributed by atoms with Gasteiger partial charge in [0.2, 0.25) is 5.95 Å². The molecule has 22 heavy (non-hydrogen) atoms. The van der Waals surface area contributed by atoms with Gasteiger partial charge in [0.15, 0.2) is 0 Å². The number of hydrogen-bond acceptors (Lipinski definition) is 7. The zero-order valence-electron chi connectivity index (χ0n) is 11.8. The predicted molar refractivity (Wildman–Crippen MR) is 78.0 cm³/mol. The van der Waals surface area contributed by atoms with E-state index in [1.165, 1.54) is 24.3 Å². The first-order valence-electron chi connectivity index (χ1n) is 6.23. The molecular formula is C12H14N4O5S. The SMILES string of the molecule is CC(C)Oc1nc(Nc2ccc(S(=O)(=O)O)cc2)[nH]c(=O)n1. The molecule has 0 aliphatic rings. The van der Waals surface area contributed by atoms with Gasteiger partial charge in [-0.2, -0.15) is 13.4 Å². The molecule has 9 nitrogen and oxygen atoms in total. The van der Waals surface area contributed by atoms with Crippen molar-refractivity contribution in [3.8, 4) is 6.01 Å². The van der Waals surface area contributed by atoms with Gasteiger partial charge in [-0.15, -0.1) is 4.98 Å². The molecule has 0 atom stereocenters. The quantitative estimate of drug-likeness (QED) is 0.691. The largest absolute Gasteiger partial charge is 0.461 e. The van der Waals surface area contributed by atoms with Crippen molar-refractivity contribution in [2.75, 3.05) is 5.32 Å². The summed E-state index contributed by atoms with van der Waals surface area (Å²) in [6.07, 6.45) is -0.191. The molecule has 0 spiro atoms. The average molecular weight is 326 g/mol. The number of anilines is 2. The summed E-state index contributed by atoms with van der Waals surface area (Å²) in [5.74, 6) is 0.0928. The van der Waals surface area contributed by atoms with E-state index in [4.69, 9.17) is 9.29 Å². The Morgan fingerprint density at radius 2 is 1.86 bits per heavy atom. The van der Waals surface area contributed by atoms with E-state index in [2.05, 4.69) is 20.3 Å². The van der Waals surface area contributed by atoms with Crippen molar-refractivity contribution in [2.45, 2.75) is 24.8 Å². The molecule has 1 aromatic carbocycles. The minimum Gasteiger partial charge on any atom is -0.461 e. The van der Waals surface area contributed by atoms with Crippen LogP contribution in [0.5, 0.6) is 6.01 Å². The molecule has 0 radical (unpaired) electrons. The number of nitrogens with one attached hydrogen (secondary N) is 2. The first kappa shape index (κ1) is 15.9. The maximum Gasteiger partial charge on any atom is 0.352 e. The summed E-state index contributed by atoms with van der Waals surface area (Å²) in [5, 5.41) is 2.77. The minimum absolute atomic E-state index is 0.0733.